The third kappa shape index (κ3) is 4.35. The summed E-state index contributed by atoms with van der Waals surface area (Å²) in [5.41, 5.74) is 4.84. The van der Waals surface area contributed by atoms with E-state index in [4.69, 9.17) is 0 Å². The van der Waals surface area contributed by atoms with Gasteiger partial charge in [-0.3, -0.25) is 0 Å². The van der Waals surface area contributed by atoms with Crippen molar-refractivity contribution < 1.29 is 19.4 Å². The molecule has 0 spiro atoms. The molecule has 0 radical (unpaired) electrons. The fourth-order valence-corrected chi connectivity index (χ4v) is 11.4. The first-order valence-corrected chi connectivity index (χ1v) is 19.1. The summed E-state index contributed by atoms with van der Waals surface area (Å²) in [4.78, 5) is -1.81. The zero-order valence-electron chi connectivity index (χ0n) is 25.4. The van der Waals surface area contributed by atoms with Crippen molar-refractivity contribution in [2.24, 2.45) is 0 Å². The standard InChI is InChI=1S/C41H25F5SSe/c1-24-26-11-2-4-13-29(26)38(30-14-5-3-12-27(24)30)25-21-22-28-35-19-10-20-36(41(35)48-37(28)23-25)39-31-15-6-8-17-33(31)40(47(42,43,44,45)46)34-18-9-7-16-32(34)39/h2-23H,1H3. The topological polar surface area (TPSA) is 0 Å². The van der Waals surface area contributed by atoms with E-state index < -0.39 is 25.9 Å². The van der Waals surface area contributed by atoms with E-state index in [1.54, 1.807) is 12.1 Å². The number of aryl methyl sites for hydroxylation is 1. The van der Waals surface area contributed by atoms with Crippen LogP contribution < -0.4 is 0 Å². The first-order chi connectivity index (χ1) is 22.9. The summed E-state index contributed by atoms with van der Waals surface area (Å²) < 4.78 is 75.9. The van der Waals surface area contributed by atoms with Gasteiger partial charge in [-0.15, -0.1) is 0 Å². The summed E-state index contributed by atoms with van der Waals surface area (Å²) in [6.07, 6.45) is 0. The van der Waals surface area contributed by atoms with Gasteiger partial charge in [0.05, 0.1) is 0 Å². The van der Waals surface area contributed by atoms with Gasteiger partial charge in [-0.05, 0) is 0 Å². The zero-order valence-corrected chi connectivity index (χ0v) is 27.9. The number of rotatable bonds is 3. The molecule has 0 atom stereocenters. The predicted molar refractivity (Wildman–Crippen MR) is 195 cm³/mol. The van der Waals surface area contributed by atoms with Crippen molar-refractivity contribution in [1.29, 1.82) is 0 Å². The minimum absolute atomic E-state index is 0.165. The van der Waals surface area contributed by atoms with Crippen LogP contribution in [0.25, 0.3) is 84.6 Å². The van der Waals surface area contributed by atoms with Gasteiger partial charge in [-0.1, -0.05) is 0 Å². The molecule has 0 amide bonds. The monoisotopic (exact) mass is 724 g/mol. The maximum absolute atomic E-state index is 14.7. The maximum atomic E-state index is 14.7. The van der Waals surface area contributed by atoms with E-state index in [2.05, 4.69) is 79.7 Å². The molecule has 0 N–H and O–H groups in total. The van der Waals surface area contributed by atoms with E-state index in [1.807, 2.05) is 12.1 Å². The SMILES string of the molecule is Cc1c2ccccc2c(-c2ccc3c(c2)[se]c2c(-c4c5ccccc5c(S(F)(F)(F)(F)F)c5ccccc45)cccc23)c2ccccc12. The van der Waals surface area contributed by atoms with Crippen LogP contribution in [0.15, 0.2) is 138 Å². The van der Waals surface area contributed by atoms with Crippen molar-refractivity contribution in [2.75, 3.05) is 0 Å². The van der Waals surface area contributed by atoms with E-state index >= 15 is 0 Å². The Labute approximate surface area is 278 Å². The van der Waals surface area contributed by atoms with E-state index in [0.717, 1.165) is 26.2 Å². The average molecular weight is 724 g/mol. The zero-order chi connectivity index (χ0) is 33.1. The van der Waals surface area contributed by atoms with E-state index in [0.29, 0.717) is 5.56 Å². The summed E-state index contributed by atoms with van der Waals surface area (Å²) in [7, 11) is -10.1. The van der Waals surface area contributed by atoms with Gasteiger partial charge in [0.1, 0.15) is 0 Å². The first kappa shape index (κ1) is 29.5. The Morgan fingerprint density at radius 3 is 1.42 bits per heavy atom. The number of benzene rings is 8. The van der Waals surface area contributed by atoms with Gasteiger partial charge in [-0.2, -0.15) is 0 Å². The molecule has 0 fully saturated rings. The number of hydrogen-bond donors (Lipinski definition) is 0. The second-order valence-corrected chi connectivity index (χ2v) is 16.9. The number of fused-ring (bicyclic) bond motifs is 7. The molecule has 236 valence electrons. The van der Waals surface area contributed by atoms with Crippen molar-refractivity contribution in [1.82, 2.24) is 0 Å². The van der Waals surface area contributed by atoms with Crippen LogP contribution in [0.2, 0.25) is 0 Å². The molecule has 48 heavy (non-hydrogen) atoms. The van der Waals surface area contributed by atoms with E-state index in [1.165, 1.54) is 73.3 Å². The molecular weight excluding hydrogens is 698 g/mol. The molecule has 0 aliphatic carbocycles. The molecule has 0 nitrogen and oxygen atoms in total. The Balaban J connectivity index is 1.36. The summed E-state index contributed by atoms with van der Waals surface area (Å²) in [5, 5.41) is 6.26. The minimum atomic E-state index is -10.1. The van der Waals surface area contributed by atoms with Crippen molar-refractivity contribution in [3.8, 4) is 22.3 Å². The van der Waals surface area contributed by atoms with Gasteiger partial charge in [-0.25, -0.2) is 0 Å². The molecular formula is C41H25F5SSe. The van der Waals surface area contributed by atoms with Crippen LogP contribution in [0.1, 0.15) is 5.56 Å². The molecule has 9 aromatic rings. The van der Waals surface area contributed by atoms with Gasteiger partial charge in [0, 0.05) is 0 Å². The molecule has 1 heterocycles. The second kappa shape index (κ2) is 9.48. The van der Waals surface area contributed by atoms with Crippen LogP contribution in [0.3, 0.4) is 0 Å². The molecule has 9 rings (SSSR count). The van der Waals surface area contributed by atoms with Gasteiger partial charge in [0.15, 0.2) is 0 Å². The summed E-state index contributed by atoms with van der Waals surface area (Å²) in [6, 6.07) is 40.8. The average Bonchev–Trinajstić information content (AvgIpc) is 3.44. The Morgan fingerprint density at radius 2 is 0.896 bits per heavy atom. The first-order valence-electron chi connectivity index (χ1n) is 15.4. The van der Waals surface area contributed by atoms with Gasteiger partial charge >= 0.3 is 280 Å². The molecule has 0 saturated carbocycles. The molecule has 0 bridgehead atoms. The van der Waals surface area contributed by atoms with Crippen LogP contribution in [-0.4, -0.2) is 14.5 Å². The molecule has 0 aliphatic heterocycles. The predicted octanol–water partition coefficient (Wildman–Crippen LogP) is 14.0. The number of halogens is 5. The third-order valence-corrected chi connectivity index (χ3v) is 13.3. The van der Waals surface area contributed by atoms with Crippen molar-refractivity contribution in [2.45, 2.75) is 11.8 Å². The van der Waals surface area contributed by atoms with E-state index in [-0.39, 0.29) is 25.3 Å². The Morgan fingerprint density at radius 1 is 0.438 bits per heavy atom. The van der Waals surface area contributed by atoms with Crippen LogP contribution in [-0.2, 0) is 0 Å². The van der Waals surface area contributed by atoms with Gasteiger partial charge < -0.3 is 0 Å². The van der Waals surface area contributed by atoms with Crippen LogP contribution in [0.4, 0.5) is 19.4 Å². The summed E-state index contributed by atoms with van der Waals surface area (Å²) in [5.74, 6) is 0. The molecule has 1 aromatic heterocycles. The van der Waals surface area contributed by atoms with Crippen LogP contribution >= 0.6 is 10.2 Å². The quantitative estimate of drug-likeness (QED) is 0.0967. The normalized spacial score (nSPS) is 14.0. The van der Waals surface area contributed by atoms with Crippen molar-refractivity contribution in [3.63, 3.8) is 0 Å². The van der Waals surface area contributed by atoms with Gasteiger partial charge in [0.25, 0.3) is 0 Å². The molecule has 7 heteroatoms. The third-order valence-electron chi connectivity index (χ3n) is 9.53. The van der Waals surface area contributed by atoms with E-state index in [9.17, 15) is 19.4 Å². The molecule has 0 unspecified atom stereocenters. The Bertz CT molecular complexity index is 2720. The molecule has 8 aromatic carbocycles. The summed E-state index contributed by atoms with van der Waals surface area (Å²) >= 11 is -0.200. The second-order valence-electron chi connectivity index (χ2n) is 12.4. The van der Waals surface area contributed by atoms with Gasteiger partial charge in [0.2, 0.25) is 0 Å². The van der Waals surface area contributed by atoms with Crippen molar-refractivity contribution in [3.05, 3.63) is 139 Å². The Kier molecular flexibility index (Phi) is 5.82. The van der Waals surface area contributed by atoms with Crippen LogP contribution in [0, 0.1) is 6.92 Å². The van der Waals surface area contributed by atoms with Crippen molar-refractivity contribution >= 4 is 87.1 Å². The number of hydrogen-bond acceptors (Lipinski definition) is 0. The molecule has 0 aliphatic rings. The fraction of sp³-hybridized carbons (Fsp3) is 0.0244. The van der Waals surface area contributed by atoms with Crippen LogP contribution in [0.5, 0.6) is 0 Å². The fourth-order valence-electron chi connectivity index (χ4n) is 7.60. The Hall–Kier alpha value is -4.68. The molecule has 0 saturated heterocycles. The summed E-state index contributed by atoms with van der Waals surface area (Å²) in [6.45, 7) is 2.16.